The standard InChI is InChI=1S/C47H51N5O2/c1-6-54-32-42-49-43-44(52(42)33-46(2,3)53)40-27-26-36(30-35-24-22-34(23-25-35)28-29-51(4)5)31-41(40)48-45(43)50-47(37-16-10-7-11-17-37,38-18-12-8-13-19-38)39-20-14-9-15-21-39/h7-27,31,53H,6,28-30,32-33H2,1-5H3,(H,48,50). The third-order valence-corrected chi connectivity index (χ3v) is 10.0. The van der Waals surface area contributed by atoms with Crippen LogP contribution in [0, 0.1) is 0 Å². The fourth-order valence-electron chi connectivity index (χ4n) is 7.41. The molecule has 2 heterocycles. The quantitative estimate of drug-likeness (QED) is 0.103. The molecule has 7 nitrogen and oxygen atoms in total. The Labute approximate surface area is 319 Å². The summed E-state index contributed by atoms with van der Waals surface area (Å²) in [7, 11) is 4.22. The number of fused-ring (bicyclic) bond motifs is 3. The van der Waals surface area contributed by atoms with Crippen molar-refractivity contribution in [3.05, 3.63) is 173 Å². The number of benzene rings is 5. The summed E-state index contributed by atoms with van der Waals surface area (Å²) in [6.45, 7) is 7.88. The second kappa shape index (κ2) is 15.9. The van der Waals surface area contributed by atoms with Gasteiger partial charge in [0.05, 0.1) is 23.2 Å². The molecule has 0 amide bonds. The molecule has 0 aliphatic carbocycles. The Hall–Kier alpha value is -5.34. The zero-order valence-electron chi connectivity index (χ0n) is 32.1. The first-order chi connectivity index (χ1) is 26.1. The Morgan fingerprint density at radius 1 is 0.722 bits per heavy atom. The van der Waals surface area contributed by atoms with E-state index in [4.69, 9.17) is 14.7 Å². The average molecular weight is 718 g/mol. The molecule has 0 aliphatic rings. The number of ether oxygens (including phenoxy) is 1. The number of aliphatic hydroxyl groups is 1. The normalized spacial score (nSPS) is 12.2. The molecule has 2 aromatic heterocycles. The van der Waals surface area contributed by atoms with Gasteiger partial charge < -0.3 is 24.6 Å². The molecule has 2 N–H and O–H groups in total. The summed E-state index contributed by atoms with van der Waals surface area (Å²) in [4.78, 5) is 12.9. The van der Waals surface area contributed by atoms with Gasteiger partial charge in [-0.3, -0.25) is 0 Å². The number of hydrogen-bond acceptors (Lipinski definition) is 6. The lowest BCUT2D eigenvalue weighted by molar-refractivity contribution is 0.0582. The van der Waals surface area contributed by atoms with Crippen LogP contribution in [-0.2, 0) is 36.3 Å². The molecular weight excluding hydrogens is 667 g/mol. The molecule has 54 heavy (non-hydrogen) atoms. The summed E-state index contributed by atoms with van der Waals surface area (Å²) < 4.78 is 8.10. The van der Waals surface area contributed by atoms with Crippen molar-refractivity contribution < 1.29 is 9.84 Å². The number of nitrogens with zero attached hydrogens (tertiary/aromatic N) is 4. The first kappa shape index (κ1) is 37.0. The van der Waals surface area contributed by atoms with Crippen LogP contribution in [0.5, 0.6) is 0 Å². The Bertz CT molecular complexity index is 2200. The molecule has 0 unspecified atom stereocenters. The van der Waals surface area contributed by atoms with Crippen molar-refractivity contribution in [3.8, 4) is 0 Å². The summed E-state index contributed by atoms with van der Waals surface area (Å²) in [6, 6.07) is 47.2. The van der Waals surface area contributed by atoms with Crippen LogP contribution >= 0.6 is 0 Å². The van der Waals surface area contributed by atoms with E-state index in [0.29, 0.717) is 25.6 Å². The zero-order chi connectivity index (χ0) is 37.7. The highest BCUT2D eigenvalue weighted by Crippen LogP contribution is 2.42. The number of anilines is 1. The van der Waals surface area contributed by atoms with Gasteiger partial charge in [0.15, 0.2) is 5.82 Å². The second-order valence-corrected chi connectivity index (χ2v) is 15.1. The van der Waals surface area contributed by atoms with Crippen molar-refractivity contribution in [1.82, 2.24) is 19.4 Å². The number of hydrogen-bond donors (Lipinski definition) is 2. The summed E-state index contributed by atoms with van der Waals surface area (Å²) >= 11 is 0. The van der Waals surface area contributed by atoms with Gasteiger partial charge >= 0.3 is 0 Å². The average Bonchev–Trinajstić information content (AvgIpc) is 3.53. The van der Waals surface area contributed by atoms with Gasteiger partial charge in [-0.1, -0.05) is 127 Å². The van der Waals surface area contributed by atoms with E-state index in [1.54, 1.807) is 0 Å². The van der Waals surface area contributed by atoms with Gasteiger partial charge in [0.1, 0.15) is 23.5 Å². The fraction of sp³-hybridized carbons (Fsp3) is 0.277. The SMILES string of the molecule is CCOCc1nc2c(NC(c3ccccc3)(c3ccccc3)c3ccccc3)nc3cc(Cc4ccc(CCN(C)C)cc4)ccc3c2n1CC(C)(C)O. The Morgan fingerprint density at radius 3 is 1.81 bits per heavy atom. The van der Waals surface area contributed by atoms with E-state index in [-0.39, 0.29) is 0 Å². The lowest BCUT2D eigenvalue weighted by atomic mass is 9.77. The fourth-order valence-corrected chi connectivity index (χ4v) is 7.41. The minimum Gasteiger partial charge on any atom is -0.389 e. The minimum atomic E-state index is -1.00. The molecule has 0 radical (unpaired) electrons. The van der Waals surface area contributed by atoms with E-state index in [1.165, 1.54) is 16.7 Å². The Kier molecular flexibility index (Phi) is 10.9. The van der Waals surface area contributed by atoms with Crippen LogP contribution in [0.2, 0.25) is 0 Å². The summed E-state index contributed by atoms with van der Waals surface area (Å²) in [5.74, 6) is 1.40. The first-order valence-electron chi connectivity index (χ1n) is 18.9. The first-order valence-corrected chi connectivity index (χ1v) is 18.9. The van der Waals surface area contributed by atoms with E-state index in [2.05, 4.69) is 144 Å². The molecule has 7 heteroatoms. The van der Waals surface area contributed by atoms with E-state index in [1.807, 2.05) is 39.0 Å². The number of nitrogens with one attached hydrogen (secondary N) is 1. The third kappa shape index (κ3) is 7.94. The largest absolute Gasteiger partial charge is 0.389 e. The molecular formula is C47H51N5O2. The number of pyridine rings is 1. The third-order valence-electron chi connectivity index (χ3n) is 10.0. The molecule has 0 saturated carbocycles. The van der Waals surface area contributed by atoms with Crippen LogP contribution < -0.4 is 5.32 Å². The van der Waals surface area contributed by atoms with Crippen molar-refractivity contribution in [2.24, 2.45) is 0 Å². The molecule has 5 aromatic carbocycles. The number of rotatable bonds is 15. The predicted octanol–water partition coefficient (Wildman–Crippen LogP) is 8.99. The van der Waals surface area contributed by atoms with Gasteiger partial charge in [0.2, 0.25) is 0 Å². The highest BCUT2D eigenvalue weighted by atomic mass is 16.5. The number of imidazole rings is 1. The highest BCUT2D eigenvalue weighted by Gasteiger charge is 2.38. The predicted molar refractivity (Wildman–Crippen MR) is 221 cm³/mol. The summed E-state index contributed by atoms with van der Waals surface area (Å²) in [5.41, 5.74) is 7.67. The maximum atomic E-state index is 11.2. The Morgan fingerprint density at radius 2 is 1.28 bits per heavy atom. The summed E-state index contributed by atoms with van der Waals surface area (Å²) in [5, 5.41) is 16.3. The van der Waals surface area contributed by atoms with E-state index < -0.39 is 11.1 Å². The van der Waals surface area contributed by atoms with Crippen LogP contribution in [0.15, 0.2) is 133 Å². The molecule has 0 bridgehead atoms. The van der Waals surface area contributed by atoms with E-state index in [9.17, 15) is 5.11 Å². The van der Waals surface area contributed by atoms with Gasteiger partial charge in [-0.2, -0.15) is 0 Å². The molecule has 0 spiro atoms. The smallest absolute Gasteiger partial charge is 0.156 e. The van der Waals surface area contributed by atoms with Crippen LogP contribution in [0.3, 0.4) is 0 Å². The van der Waals surface area contributed by atoms with Crippen molar-refractivity contribution in [2.75, 3.05) is 32.6 Å². The van der Waals surface area contributed by atoms with Crippen molar-refractivity contribution in [1.29, 1.82) is 0 Å². The molecule has 0 fully saturated rings. The van der Waals surface area contributed by atoms with Gasteiger partial charge in [0, 0.05) is 18.5 Å². The monoisotopic (exact) mass is 717 g/mol. The highest BCUT2D eigenvalue weighted by molar-refractivity contribution is 6.07. The maximum Gasteiger partial charge on any atom is 0.156 e. The van der Waals surface area contributed by atoms with Crippen molar-refractivity contribution >= 4 is 27.8 Å². The lowest BCUT2D eigenvalue weighted by Gasteiger charge is -2.37. The van der Waals surface area contributed by atoms with Crippen LogP contribution in [-0.4, -0.2) is 57.4 Å². The van der Waals surface area contributed by atoms with Gasteiger partial charge in [-0.25, -0.2) is 9.97 Å². The summed E-state index contributed by atoms with van der Waals surface area (Å²) in [6.07, 6.45) is 1.81. The van der Waals surface area contributed by atoms with Crippen LogP contribution in [0.1, 0.15) is 60.0 Å². The van der Waals surface area contributed by atoms with E-state index in [0.717, 1.165) is 63.8 Å². The van der Waals surface area contributed by atoms with Gasteiger partial charge in [0.25, 0.3) is 0 Å². The molecule has 276 valence electrons. The zero-order valence-corrected chi connectivity index (χ0v) is 32.1. The van der Waals surface area contributed by atoms with Gasteiger partial charge in [-0.15, -0.1) is 0 Å². The van der Waals surface area contributed by atoms with Crippen LogP contribution in [0.25, 0.3) is 21.9 Å². The number of aromatic nitrogens is 3. The maximum absolute atomic E-state index is 11.2. The van der Waals surface area contributed by atoms with Crippen LogP contribution in [0.4, 0.5) is 5.82 Å². The van der Waals surface area contributed by atoms with Crippen molar-refractivity contribution in [3.63, 3.8) is 0 Å². The molecule has 0 atom stereocenters. The molecule has 0 aliphatic heterocycles. The minimum absolute atomic E-state index is 0.312. The van der Waals surface area contributed by atoms with Crippen molar-refractivity contribution in [2.45, 2.75) is 57.9 Å². The number of likely N-dealkylation sites (N-methyl/N-ethyl adjacent to an activating group) is 1. The second-order valence-electron chi connectivity index (χ2n) is 15.1. The van der Waals surface area contributed by atoms with Gasteiger partial charge in [-0.05, 0) is 87.2 Å². The molecule has 7 rings (SSSR count). The molecule has 7 aromatic rings. The topological polar surface area (TPSA) is 75.4 Å². The van der Waals surface area contributed by atoms with E-state index >= 15 is 0 Å². The lowest BCUT2D eigenvalue weighted by Crippen LogP contribution is -2.38. The Balaban J connectivity index is 1.45. The molecule has 0 saturated heterocycles.